The Balaban J connectivity index is 2.02. The van der Waals surface area contributed by atoms with E-state index in [0.717, 1.165) is 19.3 Å². The van der Waals surface area contributed by atoms with E-state index in [4.69, 9.17) is 5.11 Å². The summed E-state index contributed by atoms with van der Waals surface area (Å²) in [6.45, 7) is 0. The molecule has 0 heterocycles. The smallest absolute Gasteiger partial charge is 0.306 e. The molecule has 3 nitrogen and oxygen atoms in total. The summed E-state index contributed by atoms with van der Waals surface area (Å²) in [5, 5.41) is 8.84. The summed E-state index contributed by atoms with van der Waals surface area (Å²) >= 11 is 0. The maximum atomic E-state index is 11.1. The monoisotopic (exact) mass is 182 g/mol. The SMILES string of the molecule is O=C1CC[C@@H]2C[C@H](C(=O)O)C[C@@H]2C1. The topological polar surface area (TPSA) is 54.4 Å². The van der Waals surface area contributed by atoms with Gasteiger partial charge in [-0.3, -0.25) is 9.59 Å². The molecule has 3 atom stereocenters. The van der Waals surface area contributed by atoms with Gasteiger partial charge in [0.2, 0.25) is 0 Å². The molecule has 1 N–H and O–H groups in total. The fourth-order valence-electron chi connectivity index (χ4n) is 2.76. The van der Waals surface area contributed by atoms with Crippen molar-refractivity contribution in [3.63, 3.8) is 0 Å². The Morgan fingerprint density at radius 3 is 2.69 bits per heavy atom. The van der Waals surface area contributed by atoms with Crippen molar-refractivity contribution in [2.75, 3.05) is 0 Å². The Bertz CT molecular complexity index is 247. The summed E-state index contributed by atoms with van der Waals surface area (Å²) in [5.41, 5.74) is 0. The van der Waals surface area contributed by atoms with Gasteiger partial charge in [0.15, 0.2) is 0 Å². The summed E-state index contributed by atoms with van der Waals surface area (Å²) in [4.78, 5) is 21.9. The number of carboxylic acid groups (broad SMARTS) is 1. The van der Waals surface area contributed by atoms with Crippen molar-refractivity contribution >= 4 is 11.8 Å². The van der Waals surface area contributed by atoms with Crippen LogP contribution in [0.3, 0.4) is 0 Å². The van der Waals surface area contributed by atoms with Gasteiger partial charge < -0.3 is 5.11 Å². The number of rotatable bonds is 1. The van der Waals surface area contributed by atoms with Crippen LogP contribution in [0.25, 0.3) is 0 Å². The average Bonchev–Trinajstić information content (AvgIpc) is 2.46. The van der Waals surface area contributed by atoms with Crippen LogP contribution in [0.1, 0.15) is 32.1 Å². The minimum atomic E-state index is -0.679. The highest BCUT2D eigenvalue weighted by atomic mass is 16.4. The van der Waals surface area contributed by atoms with Crippen LogP contribution in [0.4, 0.5) is 0 Å². The number of carbonyl (C=O) groups excluding carboxylic acids is 1. The van der Waals surface area contributed by atoms with Crippen LogP contribution >= 0.6 is 0 Å². The second-order valence-electron chi connectivity index (χ2n) is 4.31. The molecule has 0 aliphatic heterocycles. The van der Waals surface area contributed by atoms with Crippen LogP contribution in [0.15, 0.2) is 0 Å². The second-order valence-corrected chi connectivity index (χ2v) is 4.31. The van der Waals surface area contributed by atoms with Gasteiger partial charge in [-0.05, 0) is 31.1 Å². The molecule has 0 saturated heterocycles. The van der Waals surface area contributed by atoms with Crippen LogP contribution in [0.5, 0.6) is 0 Å². The molecule has 13 heavy (non-hydrogen) atoms. The number of carboxylic acids is 1. The molecule has 3 heteroatoms. The van der Waals surface area contributed by atoms with Crippen LogP contribution in [0.2, 0.25) is 0 Å². The molecule has 0 bridgehead atoms. The van der Waals surface area contributed by atoms with E-state index < -0.39 is 5.97 Å². The molecule has 2 fully saturated rings. The lowest BCUT2D eigenvalue weighted by atomic mass is 9.81. The minimum Gasteiger partial charge on any atom is -0.481 e. The quantitative estimate of drug-likeness (QED) is 0.668. The third kappa shape index (κ3) is 1.60. The summed E-state index contributed by atoms with van der Waals surface area (Å²) in [6.07, 6.45) is 3.76. The van der Waals surface area contributed by atoms with Gasteiger partial charge in [-0.15, -0.1) is 0 Å². The van der Waals surface area contributed by atoms with E-state index in [0.29, 0.717) is 30.5 Å². The molecule has 72 valence electrons. The highest BCUT2D eigenvalue weighted by molar-refractivity contribution is 5.80. The van der Waals surface area contributed by atoms with Crippen molar-refractivity contribution < 1.29 is 14.7 Å². The average molecular weight is 182 g/mol. The first-order valence-corrected chi connectivity index (χ1v) is 4.91. The van der Waals surface area contributed by atoms with Crippen molar-refractivity contribution in [3.05, 3.63) is 0 Å². The predicted octanol–water partition coefficient (Wildman–Crippen LogP) is 1.47. The van der Waals surface area contributed by atoms with E-state index in [1.807, 2.05) is 0 Å². The molecule has 2 rings (SSSR count). The molecule has 0 spiro atoms. The maximum Gasteiger partial charge on any atom is 0.306 e. The Morgan fingerprint density at radius 1 is 1.31 bits per heavy atom. The zero-order chi connectivity index (χ0) is 9.42. The van der Waals surface area contributed by atoms with Crippen LogP contribution in [-0.4, -0.2) is 16.9 Å². The van der Waals surface area contributed by atoms with E-state index in [1.54, 1.807) is 0 Å². The van der Waals surface area contributed by atoms with E-state index >= 15 is 0 Å². The Hall–Kier alpha value is -0.860. The molecule has 0 amide bonds. The predicted molar refractivity (Wildman–Crippen MR) is 46.2 cm³/mol. The Kier molecular flexibility index (Phi) is 2.10. The number of ketones is 1. The largest absolute Gasteiger partial charge is 0.481 e. The standard InChI is InChI=1S/C10H14O3/c11-9-2-1-6-3-8(10(12)13)4-7(6)5-9/h6-8H,1-5H2,(H,12,13)/t6-,7-,8+/m1/s1. The Labute approximate surface area is 77.1 Å². The maximum absolute atomic E-state index is 11.1. The summed E-state index contributed by atoms with van der Waals surface area (Å²) in [5.74, 6) is 0.358. The zero-order valence-electron chi connectivity index (χ0n) is 7.53. The van der Waals surface area contributed by atoms with Gasteiger partial charge in [-0.25, -0.2) is 0 Å². The normalized spacial score (nSPS) is 38.8. The van der Waals surface area contributed by atoms with Gasteiger partial charge in [0.05, 0.1) is 5.92 Å². The fraction of sp³-hybridized carbons (Fsp3) is 0.800. The summed E-state index contributed by atoms with van der Waals surface area (Å²) < 4.78 is 0. The number of Topliss-reactive ketones (excluding diaryl/α,β-unsaturated/α-hetero) is 1. The molecule has 0 aromatic carbocycles. The highest BCUT2D eigenvalue weighted by Gasteiger charge is 2.40. The van der Waals surface area contributed by atoms with Gasteiger partial charge in [0.1, 0.15) is 5.78 Å². The third-order valence-electron chi connectivity index (χ3n) is 3.47. The molecule has 0 unspecified atom stereocenters. The Morgan fingerprint density at radius 2 is 2.00 bits per heavy atom. The van der Waals surface area contributed by atoms with Gasteiger partial charge in [0, 0.05) is 12.8 Å². The number of carbonyl (C=O) groups is 2. The van der Waals surface area contributed by atoms with E-state index in [9.17, 15) is 9.59 Å². The first-order chi connectivity index (χ1) is 6.16. The van der Waals surface area contributed by atoms with Gasteiger partial charge >= 0.3 is 5.97 Å². The van der Waals surface area contributed by atoms with Gasteiger partial charge in [-0.1, -0.05) is 0 Å². The lowest BCUT2D eigenvalue weighted by molar-refractivity contribution is -0.141. The first-order valence-electron chi connectivity index (χ1n) is 4.91. The van der Waals surface area contributed by atoms with Crippen LogP contribution in [-0.2, 0) is 9.59 Å². The minimum absolute atomic E-state index is 0.180. The molecule has 2 aliphatic rings. The zero-order valence-corrected chi connectivity index (χ0v) is 7.53. The molecule has 0 aromatic rings. The molecular formula is C10H14O3. The number of hydrogen-bond acceptors (Lipinski definition) is 2. The summed E-state index contributed by atoms with van der Waals surface area (Å²) in [6, 6.07) is 0. The molecule has 0 radical (unpaired) electrons. The second kappa shape index (κ2) is 3.13. The van der Waals surface area contributed by atoms with Crippen LogP contribution < -0.4 is 0 Å². The lowest BCUT2D eigenvalue weighted by Crippen LogP contribution is -2.19. The number of aliphatic carboxylic acids is 1. The highest BCUT2D eigenvalue weighted by Crippen LogP contribution is 2.44. The number of fused-ring (bicyclic) bond motifs is 1. The molecule has 0 aromatic heterocycles. The first kappa shape index (κ1) is 8.73. The molecular weight excluding hydrogens is 168 g/mol. The number of hydrogen-bond donors (Lipinski definition) is 1. The summed E-state index contributed by atoms with van der Waals surface area (Å²) in [7, 11) is 0. The fourth-order valence-corrected chi connectivity index (χ4v) is 2.76. The van der Waals surface area contributed by atoms with E-state index in [1.165, 1.54) is 0 Å². The van der Waals surface area contributed by atoms with Crippen LogP contribution in [0, 0.1) is 17.8 Å². The van der Waals surface area contributed by atoms with Crippen molar-refractivity contribution in [2.45, 2.75) is 32.1 Å². The third-order valence-corrected chi connectivity index (χ3v) is 3.47. The van der Waals surface area contributed by atoms with E-state index in [-0.39, 0.29) is 5.92 Å². The van der Waals surface area contributed by atoms with Crippen molar-refractivity contribution in [1.29, 1.82) is 0 Å². The van der Waals surface area contributed by atoms with Gasteiger partial charge in [0.25, 0.3) is 0 Å². The van der Waals surface area contributed by atoms with Crippen molar-refractivity contribution in [3.8, 4) is 0 Å². The molecule has 2 saturated carbocycles. The van der Waals surface area contributed by atoms with E-state index in [2.05, 4.69) is 0 Å². The lowest BCUT2D eigenvalue weighted by Gasteiger charge is -2.23. The van der Waals surface area contributed by atoms with Gasteiger partial charge in [-0.2, -0.15) is 0 Å². The van der Waals surface area contributed by atoms with Crippen molar-refractivity contribution in [1.82, 2.24) is 0 Å². The van der Waals surface area contributed by atoms with Crippen molar-refractivity contribution in [2.24, 2.45) is 17.8 Å². The molecule has 2 aliphatic carbocycles.